The van der Waals surface area contributed by atoms with E-state index in [2.05, 4.69) is 63.7 Å². The van der Waals surface area contributed by atoms with Gasteiger partial charge in [0, 0.05) is 11.6 Å². The van der Waals surface area contributed by atoms with E-state index in [1.54, 1.807) is 0 Å². The van der Waals surface area contributed by atoms with Crippen LogP contribution in [0.5, 0.6) is 0 Å². The Balaban J connectivity index is 2.44. The van der Waals surface area contributed by atoms with Crippen LogP contribution in [0.25, 0.3) is 0 Å². The molecule has 1 saturated heterocycles. The monoisotopic (exact) mass is 357 g/mol. The highest BCUT2D eigenvalue weighted by molar-refractivity contribution is 9.10. The lowest BCUT2D eigenvalue weighted by molar-refractivity contribution is 0.0793. The van der Waals surface area contributed by atoms with Crippen molar-refractivity contribution in [2.24, 2.45) is 5.84 Å². The third kappa shape index (κ3) is 3.04. The molecule has 0 aromatic carbocycles. The van der Waals surface area contributed by atoms with E-state index in [1.807, 2.05) is 6.20 Å². The van der Waals surface area contributed by atoms with E-state index in [0.29, 0.717) is 6.04 Å². The van der Waals surface area contributed by atoms with Crippen molar-refractivity contribution in [3.05, 3.63) is 16.4 Å². The van der Waals surface area contributed by atoms with Crippen LogP contribution in [0, 0.1) is 0 Å². The number of hydrogen-bond donors (Lipinski definition) is 2. The number of nitrogens with one attached hydrogen (secondary N) is 1. The van der Waals surface area contributed by atoms with Gasteiger partial charge in [-0.1, -0.05) is 6.92 Å². The smallest absolute Gasteiger partial charge is 0.0821 e. The summed E-state index contributed by atoms with van der Waals surface area (Å²) in [5, 5.41) is 4.51. The van der Waals surface area contributed by atoms with Crippen LogP contribution in [0.1, 0.15) is 64.7 Å². The van der Waals surface area contributed by atoms with Gasteiger partial charge in [-0.25, -0.2) is 5.43 Å². The summed E-state index contributed by atoms with van der Waals surface area (Å²) in [6, 6.07) is 0.349. The van der Waals surface area contributed by atoms with Gasteiger partial charge in [0.2, 0.25) is 0 Å². The lowest BCUT2D eigenvalue weighted by Gasteiger charge is -2.44. The molecule has 0 radical (unpaired) electrons. The number of aromatic nitrogens is 2. The SMILES string of the molecule is CCC(C)(C(NN)c1c(Br)cnn1C(C)C)N1CCCC1. The second-order valence-corrected chi connectivity index (χ2v) is 7.27. The Labute approximate surface area is 136 Å². The first kappa shape index (κ1) is 16.9. The standard InChI is InChI=1S/C15H28BrN5/c1-5-15(4,20-8-6-7-9-20)14(19-17)13-12(16)10-18-21(13)11(2)3/h10-11,14,19H,5-9,17H2,1-4H3. The van der Waals surface area contributed by atoms with Gasteiger partial charge in [0.05, 0.1) is 22.4 Å². The first-order valence-electron chi connectivity index (χ1n) is 7.89. The maximum atomic E-state index is 5.99. The molecule has 1 aliphatic rings. The minimum Gasteiger partial charge on any atom is -0.296 e. The number of nitrogens with zero attached hydrogens (tertiary/aromatic N) is 3. The fourth-order valence-corrected chi connectivity index (χ4v) is 3.93. The van der Waals surface area contributed by atoms with Crippen molar-refractivity contribution in [2.75, 3.05) is 13.1 Å². The molecule has 1 aliphatic heterocycles. The Morgan fingerprint density at radius 1 is 1.43 bits per heavy atom. The molecular weight excluding hydrogens is 330 g/mol. The molecule has 120 valence electrons. The van der Waals surface area contributed by atoms with Gasteiger partial charge < -0.3 is 0 Å². The molecule has 3 N–H and O–H groups in total. The van der Waals surface area contributed by atoms with E-state index < -0.39 is 0 Å². The van der Waals surface area contributed by atoms with Crippen LogP contribution in [-0.2, 0) is 0 Å². The number of hydrazine groups is 1. The number of halogens is 1. The zero-order chi connectivity index (χ0) is 15.6. The molecule has 2 heterocycles. The van der Waals surface area contributed by atoms with E-state index in [0.717, 1.165) is 29.7 Å². The molecule has 2 atom stereocenters. The summed E-state index contributed by atoms with van der Waals surface area (Å²) in [5.41, 5.74) is 4.21. The van der Waals surface area contributed by atoms with Gasteiger partial charge in [0.1, 0.15) is 0 Å². The Hall–Kier alpha value is -0.430. The number of hydrogen-bond acceptors (Lipinski definition) is 4. The molecule has 6 heteroatoms. The summed E-state index contributed by atoms with van der Waals surface area (Å²) in [6.45, 7) is 11.1. The number of nitrogens with two attached hydrogens (primary N) is 1. The Morgan fingerprint density at radius 2 is 2.05 bits per heavy atom. The molecule has 21 heavy (non-hydrogen) atoms. The second kappa shape index (κ2) is 6.77. The van der Waals surface area contributed by atoms with Crippen LogP contribution < -0.4 is 11.3 Å². The Kier molecular flexibility index (Phi) is 5.46. The minimum absolute atomic E-state index is 0.0134. The highest BCUT2D eigenvalue weighted by atomic mass is 79.9. The fraction of sp³-hybridized carbons (Fsp3) is 0.800. The van der Waals surface area contributed by atoms with Crippen LogP contribution in [0.15, 0.2) is 10.7 Å². The van der Waals surface area contributed by atoms with E-state index in [-0.39, 0.29) is 11.6 Å². The van der Waals surface area contributed by atoms with Crippen LogP contribution in [0.4, 0.5) is 0 Å². The normalized spacial score (nSPS) is 20.9. The molecule has 0 saturated carbocycles. The molecular formula is C15H28BrN5. The maximum Gasteiger partial charge on any atom is 0.0821 e. The summed E-state index contributed by atoms with van der Waals surface area (Å²) in [6.07, 6.45) is 5.46. The lowest BCUT2D eigenvalue weighted by Crippen LogP contribution is -2.55. The van der Waals surface area contributed by atoms with Crippen LogP contribution in [0.2, 0.25) is 0 Å². The van der Waals surface area contributed by atoms with Crippen molar-refractivity contribution in [2.45, 2.75) is 64.6 Å². The predicted molar refractivity (Wildman–Crippen MR) is 89.9 cm³/mol. The van der Waals surface area contributed by atoms with E-state index in [1.165, 1.54) is 12.8 Å². The minimum atomic E-state index is -0.0134. The van der Waals surface area contributed by atoms with E-state index in [4.69, 9.17) is 5.84 Å². The molecule has 0 amide bonds. The zero-order valence-electron chi connectivity index (χ0n) is 13.6. The van der Waals surface area contributed by atoms with Crippen LogP contribution in [0.3, 0.4) is 0 Å². The molecule has 1 aromatic rings. The average Bonchev–Trinajstić information content (AvgIpc) is 3.10. The largest absolute Gasteiger partial charge is 0.296 e. The highest BCUT2D eigenvalue weighted by Crippen LogP contribution is 2.39. The van der Waals surface area contributed by atoms with Crippen molar-refractivity contribution >= 4 is 15.9 Å². The van der Waals surface area contributed by atoms with Gasteiger partial charge in [-0.3, -0.25) is 15.4 Å². The van der Waals surface area contributed by atoms with Gasteiger partial charge in [-0.05, 0) is 69.1 Å². The van der Waals surface area contributed by atoms with Crippen molar-refractivity contribution in [1.82, 2.24) is 20.1 Å². The summed E-state index contributed by atoms with van der Waals surface area (Å²) in [5.74, 6) is 5.99. The molecule has 0 bridgehead atoms. The number of likely N-dealkylation sites (tertiary alicyclic amines) is 1. The average molecular weight is 358 g/mol. The molecule has 1 aromatic heterocycles. The maximum absolute atomic E-state index is 5.99. The zero-order valence-corrected chi connectivity index (χ0v) is 15.2. The third-order valence-electron chi connectivity index (χ3n) is 4.88. The van der Waals surface area contributed by atoms with Gasteiger partial charge in [0.25, 0.3) is 0 Å². The molecule has 2 unspecified atom stereocenters. The first-order chi connectivity index (χ1) is 9.95. The lowest BCUT2D eigenvalue weighted by atomic mass is 9.85. The van der Waals surface area contributed by atoms with E-state index in [9.17, 15) is 0 Å². The quantitative estimate of drug-likeness (QED) is 0.606. The van der Waals surface area contributed by atoms with Crippen LogP contribution >= 0.6 is 15.9 Å². The third-order valence-corrected chi connectivity index (χ3v) is 5.49. The topological polar surface area (TPSA) is 59.1 Å². The van der Waals surface area contributed by atoms with Gasteiger partial charge >= 0.3 is 0 Å². The summed E-state index contributed by atoms with van der Waals surface area (Å²) < 4.78 is 3.09. The summed E-state index contributed by atoms with van der Waals surface area (Å²) in [7, 11) is 0. The van der Waals surface area contributed by atoms with Crippen molar-refractivity contribution in [3.63, 3.8) is 0 Å². The Morgan fingerprint density at radius 3 is 2.52 bits per heavy atom. The number of rotatable bonds is 6. The van der Waals surface area contributed by atoms with Crippen LogP contribution in [-0.4, -0.2) is 33.3 Å². The van der Waals surface area contributed by atoms with Crippen molar-refractivity contribution in [3.8, 4) is 0 Å². The molecule has 2 rings (SSSR count). The van der Waals surface area contributed by atoms with Gasteiger partial charge in [-0.15, -0.1) is 0 Å². The van der Waals surface area contributed by atoms with Gasteiger partial charge in [0.15, 0.2) is 0 Å². The van der Waals surface area contributed by atoms with Gasteiger partial charge in [-0.2, -0.15) is 5.10 Å². The molecule has 5 nitrogen and oxygen atoms in total. The second-order valence-electron chi connectivity index (χ2n) is 6.42. The highest BCUT2D eigenvalue weighted by Gasteiger charge is 2.42. The molecule has 0 aliphatic carbocycles. The predicted octanol–water partition coefficient (Wildman–Crippen LogP) is 3.00. The fourth-order valence-electron chi connectivity index (χ4n) is 3.42. The molecule has 0 spiro atoms. The summed E-state index contributed by atoms with van der Waals surface area (Å²) in [4.78, 5) is 2.57. The van der Waals surface area contributed by atoms with E-state index >= 15 is 0 Å². The molecule has 1 fully saturated rings. The Bertz CT molecular complexity index is 467. The first-order valence-corrected chi connectivity index (χ1v) is 8.69. The summed E-state index contributed by atoms with van der Waals surface area (Å²) >= 11 is 3.66. The van der Waals surface area contributed by atoms with Crippen molar-refractivity contribution in [1.29, 1.82) is 0 Å². The van der Waals surface area contributed by atoms with Crippen molar-refractivity contribution < 1.29 is 0 Å².